The van der Waals surface area contributed by atoms with Gasteiger partial charge in [-0.25, -0.2) is 9.98 Å². The Morgan fingerprint density at radius 2 is 1.39 bits per heavy atom. The normalized spacial score (nSPS) is 15.6. The van der Waals surface area contributed by atoms with E-state index in [4.69, 9.17) is 23.9 Å². The third-order valence-electron chi connectivity index (χ3n) is 6.87. The lowest BCUT2D eigenvalue weighted by molar-refractivity contribution is 0.154. The highest BCUT2D eigenvalue weighted by Crippen LogP contribution is 2.48. The maximum atomic E-state index is 6.97. The van der Waals surface area contributed by atoms with E-state index in [0.29, 0.717) is 18.4 Å². The van der Waals surface area contributed by atoms with E-state index in [1.54, 1.807) is 20.4 Å². The quantitative estimate of drug-likeness (QED) is 0.267. The minimum absolute atomic E-state index is 0.136. The number of ether oxygens (including phenoxy) is 4. The zero-order valence-electron chi connectivity index (χ0n) is 22.1. The molecule has 3 aromatic carbocycles. The molecule has 194 valence electrons. The minimum atomic E-state index is -0.892. The predicted molar refractivity (Wildman–Crippen MR) is 148 cm³/mol. The molecule has 5 rings (SSSR count). The summed E-state index contributed by atoms with van der Waals surface area (Å²) in [4.78, 5) is 9.42. The number of methoxy groups -OCH3 is 2. The summed E-state index contributed by atoms with van der Waals surface area (Å²) in [5.41, 5.74) is 3.06. The van der Waals surface area contributed by atoms with Gasteiger partial charge in [-0.05, 0) is 42.3 Å². The molecule has 1 atom stereocenters. The molecule has 0 bridgehead atoms. The largest absolute Gasteiger partial charge is 0.497 e. The van der Waals surface area contributed by atoms with Gasteiger partial charge >= 0.3 is 0 Å². The Morgan fingerprint density at radius 1 is 0.789 bits per heavy atom. The van der Waals surface area contributed by atoms with Gasteiger partial charge < -0.3 is 18.9 Å². The molecule has 38 heavy (non-hydrogen) atoms. The Morgan fingerprint density at radius 3 is 1.95 bits per heavy atom. The number of aromatic nitrogens is 1. The standard InChI is InChI=1S/C32H32N2O4/c1-22(2)29(21-37-30-11-7-8-20-33-30)34-31-27-9-5-6-10-28(27)32(38-31,23-12-16-25(35-3)17-13-23)24-14-18-26(36-4)19-15-24/h5-20,22,29H,21H2,1-4H3/t29-/m1/s1. The SMILES string of the molecule is COc1ccc(C2(c3ccc(OC)cc3)OC(=N[C@H](COc3ccccn3)C(C)C)c3ccccc32)cc1. The smallest absolute Gasteiger partial charge is 0.218 e. The van der Waals surface area contributed by atoms with Crippen LogP contribution in [0.2, 0.25) is 0 Å². The number of benzene rings is 3. The van der Waals surface area contributed by atoms with Crippen molar-refractivity contribution in [3.05, 3.63) is 119 Å². The zero-order chi connectivity index (χ0) is 26.5. The fourth-order valence-electron chi connectivity index (χ4n) is 4.71. The van der Waals surface area contributed by atoms with Crippen LogP contribution in [0.1, 0.15) is 36.1 Å². The first kappa shape index (κ1) is 25.3. The second kappa shape index (κ2) is 11.0. The van der Waals surface area contributed by atoms with Gasteiger partial charge in [-0.1, -0.05) is 62.4 Å². The van der Waals surface area contributed by atoms with Crippen molar-refractivity contribution in [1.29, 1.82) is 0 Å². The van der Waals surface area contributed by atoms with Crippen LogP contribution >= 0.6 is 0 Å². The van der Waals surface area contributed by atoms with Crippen LogP contribution in [0.3, 0.4) is 0 Å². The molecule has 1 aliphatic heterocycles. The lowest BCUT2D eigenvalue weighted by Crippen LogP contribution is -2.30. The Kier molecular flexibility index (Phi) is 7.31. The van der Waals surface area contributed by atoms with E-state index < -0.39 is 5.60 Å². The van der Waals surface area contributed by atoms with Crippen molar-refractivity contribution in [2.45, 2.75) is 25.5 Å². The maximum absolute atomic E-state index is 6.97. The second-order valence-electron chi connectivity index (χ2n) is 9.51. The van der Waals surface area contributed by atoms with E-state index in [1.165, 1.54) is 0 Å². The minimum Gasteiger partial charge on any atom is -0.497 e. The van der Waals surface area contributed by atoms with Gasteiger partial charge in [0.2, 0.25) is 11.8 Å². The van der Waals surface area contributed by atoms with Gasteiger partial charge in [0, 0.05) is 34.5 Å². The van der Waals surface area contributed by atoms with E-state index in [1.807, 2.05) is 78.9 Å². The van der Waals surface area contributed by atoms with E-state index in [0.717, 1.165) is 33.8 Å². The Bertz CT molecular complexity index is 1340. The van der Waals surface area contributed by atoms with Gasteiger partial charge in [-0.2, -0.15) is 0 Å². The molecular formula is C32H32N2O4. The molecular weight excluding hydrogens is 476 g/mol. The van der Waals surface area contributed by atoms with E-state index in [9.17, 15) is 0 Å². The van der Waals surface area contributed by atoms with E-state index >= 15 is 0 Å². The van der Waals surface area contributed by atoms with Crippen LogP contribution < -0.4 is 14.2 Å². The van der Waals surface area contributed by atoms with Gasteiger partial charge in [-0.3, -0.25) is 0 Å². The van der Waals surface area contributed by atoms with Gasteiger partial charge in [0.05, 0.1) is 20.3 Å². The van der Waals surface area contributed by atoms with Gasteiger partial charge in [0.1, 0.15) is 18.1 Å². The number of aliphatic imine (C=N–C) groups is 1. The van der Waals surface area contributed by atoms with Crippen LogP contribution in [0.5, 0.6) is 17.4 Å². The van der Waals surface area contributed by atoms with Crippen LogP contribution in [-0.4, -0.2) is 37.8 Å². The molecule has 0 aliphatic carbocycles. The average Bonchev–Trinajstić information content (AvgIpc) is 3.30. The third kappa shape index (κ3) is 4.82. The molecule has 1 aliphatic rings. The number of pyridine rings is 1. The molecule has 2 heterocycles. The Hall–Kier alpha value is -4.32. The molecule has 0 spiro atoms. The van der Waals surface area contributed by atoms with Crippen molar-refractivity contribution in [3.8, 4) is 17.4 Å². The third-order valence-corrected chi connectivity index (χ3v) is 6.87. The molecule has 0 amide bonds. The summed E-state index contributed by atoms with van der Waals surface area (Å²) in [6.07, 6.45) is 1.72. The van der Waals surface area contributed by atoms with Crippen molar-refractivity contribution in [3.63, 3.8) is 0 Å². The molecule has 0 fully saturated rings. The zero-order valence-corrected chi connectivity index (χ0v) is 22.1. The Balaban J connectivity index is 1.61. The summed E-state index contributed by atoms with van der Waals surface area (Å²) >= 11 is 0. The van der Waals surface area contributed by atoms with E-state index in [2.05, 4.69) is 31.0 Å². The van der Waals surface area contributed by atoms with Crippen LogP contribution in [0.25, 0.3) is 0 Å². The van der Waals surface area contributed by atoms with Crippen molar-refractivity contribution >= 4 is 5.90 Å². The molecule has 1 aromatic heterocycles. The van der Waals surface area contributed by atoms with Crippen LogP contribution in [0, 0.1) is 5.92 Å². The average molecular weight is 509 g/mol. The van der Waals surface area contributed by atoms with E-state index in [-0.39, 0.29) is 12.0 Å². The van der Waals surface area contributed by atoms with Crippen LogP contribution in [0.15, 0.2) is 102 Å². The summed E-state index contributed by atoms with van der Waals surface area (Å²) in [5.74, 6) is 2.96. The first-order valence-corrected chi connectivity index (χ1v) is 12.7. The van der Waals surface area contributed by atoms with Crippen LogP contribution in [-0.2, 0) is 10.3 Å². The second-order valence-corrected chi connectivity index (χ2v) is 9.51. The first-order chi connectivity index (χ1) is 18.5. The molecule has 0 radical (unpaired) electrons. The number of rotatable bonds is 9. The van der Waals surface area contributed by atoms with Crippen LogP contribution in [0.4, 0.5) is 0 Å². The van der Waals surface area contributed by atoms with Crippen molar-refractivity contribution in [2.24, 2.45) is 10.9 Å². The topological polar surface area (TPSA) is 62.2 Å². The van der Waals surface area contributed by atoms with Crippen molar-refractivity contribution < 1.29 is 18.9 Å². The molecule has 6 nitrogen and oxygen atoms in total. The highest BCUT2D eigenvalue weighted by Gasteiger charge is 2.47. The molecule has 4 aromatic rings. The van der Waals surface area contributed by atoms with Crippen molar-refractivity contribution in [2.75, 3.05) is 20.8 Å². The van der Waals surface area contributed by atoms with Crippen molar-refractivity contribution in [1.82, 2.24) is 4.98 Å². The molecule has 0 saturated heterocycles. The van der Waals surface area contributed by atoms with Gasteiger partial charge in [0.25, 0.3) is 0 Å². The predicted octanol–water partition coefficient (Wildman–Crippen LogP) is 6.27. The number of nitrogens with zero attached hydrogens (tertiary/aromatic N) is 2. The highest BCUT2D eigenvalue weighted by molar-refractivity contribution is 6.00. The fraction of sp³-hybridized carbons (Fsp3) is 0.250. The molecule has 0 N–H and O–H groups in total. The summed E-state index contributed by atoms with van der Waals surface area (Å²) in [7, 11) is 3.33. The summed E-state index contributed by atoms with van der Waals surface area (Å²) in [5, 5.41) is 0. The lowest BCUT2D eigenvalue weighted by Gasteiger charge is -2.31. The molecule has 6 heteroatoms. The first-order valence-electron chi connectivity index (χ1n) is 12.7. The fourth-order valence-corrected chi connectivity index (χ4v) is 4.71. The number of fused-ring (bicyclic) bond motifs is 1. The molecule has 0 saturated carbocycles. The summed E-state index contributed by atoms with van der Waals surface area (Å²) in [6.45, 7) is 4.66. The summed E-state index contributed by atoms with van der Waals surface area (Å²) in [6, 6.07) is 29.8. The number of hydrogen-bond donors (Lipinski definition) is 0. The Labute approximate surface area is 223 Å². The van der Waals surface area contributed by atoms with Gasteiger partial charge in [0.15, 0.2) is 5.60 Å². The highest BCUT2D eigenvalue weighted by atomic mass is 16.5. The number of hydrogen-bond acceptors (Lipinski definition) is 6. The van der Waals surface area contributed by atoms with Gasteiger partial charge in [-0.15, -0.1) is 0 Å². The monoisotopic (exact) mass is 508 g/mol. The maximum Gasteiger partial charge on any atom is 0.218 e. The lowest BCUT2D eigenvalue weighted by atomic mass is 9.80. The molecule has 0 unspecified atom stereocenters. The summed E-state index contributed by atoms with van der Waals surface area (Å²) < 4.78 is 23.8.